The van der Waals surface area contributed by atoms with Crippen molar-refractivity contribution in [2.45, 2.75) is 58.5 Å². The standard InChI is InChI=1S/C21H25F3.H3N/c1-4-5-6-7-17-12-13-19(21(22,23)24)14-20(17)18-10-8-16(9-11-18)15(2)3;/h8-15H,4-7H2,1-3H3;1H3. The van der Waals surface area contributed by atoms with E-state index in [4.69, 9.17) is 0 Å². The average molecular weight is 351 g/mol. The van der Waals surface area contributed by atoms with Crippen molar-refractivity contribution in [2.24, 2.45) is 0 Å². The zero-order valence-electron chi connectivity index (χ0n) is 15.3. The second-order valence-electron chi connectivity index (χ2n) is 6.60. The van der Waals surface area contributed by atoms with Crippen molar-refractivity contribution in [1.82, 2.24) is 6.15 Å². The molecule has 0 radical (unpaired) electrons. The molecular weight excluding hydrogens is 323 g/mol. The zero-order valence-corrected chi connectivity index (χ0v) is 15.3. The molecule has 2 aromatic rings. The Balaban J connectivity index is 0.00000312. The van der Waals surface area contributed by atoms with E-state index in [0.29, 0.717) is 11.5 Å². The molecule has 0 unspecified atom stereocenters. The van der Waals surface area contributed by atoms with E-state index in [0.717, 1.165) is 36.8 Å². The van der Waals surface area contributed by atoms with E-state index in [9.17, 15) is 13.2 Å². The van der Waals surface area contributed by atoms with E-state index in [1.807, 2.05) is 24.3 Å². The summed E-state index contributed by atoms with van der Waals surface area (Å²) in [5.74, 6) is 0.407. The quantitative estimate of drug-likeness (QED) is 0.541. The summed E-state index contributed by atoms with van der Waals surface area (Å²) in [5.41, 5.74) is 3.17. The van der Waals surface area contributed by atoms with Crippen molar-refractivity contribution in [2.75, 3.05) is 0 Å². The van der Waals surface area contributed by atoms with Gasteiger partial charge in [0.1, 0.15) is 0 Å². The minimum Gasteiger partial charge on any atom is -0.344 e. The summed E-state index contributed by atoms with van der Waals surface area (Å²) < 4.78 is 39.3. The van der Waals surface area contributed by atoms with Crippen molar-refractivity contribution < 1.29 is 13.2 Å². The molecule has 0 aliphatic heterocycles. The van der Waals surface area contributed by atoms with Gasteiger partial charge in [-0.3, -0.25) is 0 Å². The monoisotopic (exact) mass is 351 g/mol. The highest BCUT2D eigenvalue weighted by Crippen LogP contribution is 2.35. The van der Waals surface area contributed by atoms with E-state index in [1.165, 1.54) is 17.7 Å². The number of aryl methyl sites for hydroxylation is 1. The molecule has 0 aliphatic carbocycles. The molecule has 0 saturated heterocycles. The first-order chi connectivity index (χ1) is 11.3. The van der Waals surface area contributed by atoms with Gasteiger partial charge in [0.2, 0.25) is 0 Å². The van der Waals surface area contributed by atoms with Crippen LogP contribution in [0.1, 0.15) is 62.6 Å². The summed E-state index contributed by atoms with van der Waals surface area (Å²) in [7, 11) is 0. The number of hydrogen-bond acceptors (Lipinski definition) is 1. The maximum atomic E-state index is 13.1. The van der Waals surface area contributed by atoms with Crippen molar-refractivity contribution in [3.8, 4) is 11.1 Å². The number of benzene rings is 2. The molecule has 0 fully saturated rings. The Labute approximate surface area is 148 Å². The molecule has 0 amide bonds. The van der Waals surface area contributed by atoms with Crippen LogP contribution < -0.4 is 6.15 Å². The molecule has 0 bridgehead atoms. The Morgan fingerprint density at radius 2 is 1.56 bits per heavy atom. The lowest BCUT2D eigenvalue weighted by atomic mass is 9.92. The summed E-state index contributed by atoms with van der Waals surface area (Å²) in [5, 5.41) is 0. The Hall–Kier alpha value is -1.81. The van der Waals surface area contributed by atoms with Gasteiger partial charge in [-0.25, -0.2) is 0 Å². The number of rotatable bonds is 6. The van der Waals surface area contributed by atoms with Gasteiger partial charge < -0.3 is 6.15 Å². The third-order valence-corrected chi connectivity index (χ3v) is 4.38. The van der Waals surface area contributed by atoms with Crippen LogP contribution in [0.25, 0.3) is 11.1 Å². The Bertz CT molecular complexity index is 658. The molecule has 25 heavy (non-hydrogen) atoms. The summed E-state index contributed by atoms with van der Waals surface area (Å²) in [6, 6.07) is 12.0. The van der Waals surface area contributed by atoms with Gasteiger partial charge in [-0.1, -0.05) is 63.9 Å². The molecule has 2 rings (SSSR count). The second kappa shape index (κ2) is 9.04. The van der Waals surface area contributed by atoms with E-state index < -0.39 is 11.7 Å². The molecule has 0 heterocycles. The molecular formula is C21H28F3N. The predicted molar refractivity (Wildman–Crippen MR) is 99.2 cm³/mol. The molecule has 0 saturated carbocycles. The van der Waals surface area contributed by atoms with Crippen LogP contribution in [0.2, 0.25) is 0 Å². The summed E-state index contributed by atoms with van der Waals surface area (Å²) in [4.78, 5) is 0. The Morgan fingerprint density at radius 1 is 0.920 bits per heavy atom. The summed E-state index contributed by atoms with van der Waals surface area (Å²) in [6.07, 6.45) is -0.313. The highest BCUT2D eigenvalue weighted by molar-refractivity contribution is 5.69. The molecule has 0 spiro atoms. The third kappa shape index (κ3) is 5.60. The largest absolute Gasteiger partial charge is 0.416 e. The number of alkyl halides is 3. The number of hydrogen-bond donors (Lipinski definition) is 1. The number of halogens is 3. The van der Waals surface area contributed by atoms with E-state index >= 15 is 0 Å². The third-order valence-electron chi connectivity index (χ3n) is 4.38. The average Bonchev–Trinajstić information content (AvgIpc) is 2.54. The highest BCUT2D eigenvalue weighted by Gasteiger charge is 2.31. The van der Waals surface area contributed by atoms with Crippen molar-refractivity contribution in [3.63, 3.8) is 0 Å². The van der Waals surface area contributed by atoms with Crippen LogP contribution in [0.15, 0.2) is 42.5 Å². The van der Waals surface area contributed by atoms with Gasteiger partial charge in [-0.15, -0.1) is 0 Å². The maximum Gasteiger partial charge on any atom is 0.416 e. The normalized spacial score (nSPS) is 11.5. The maximum absolute atomic E-state index is 13.1. The molecule has 0 atom stereocenters. The zero-order chi connectivity index (χ0) is 17.7. The molecule has 2 aromatic carbocycles. The minimum absolute atomic E-state index is 0. The van der Waals surface area contributed by atoms with Crippen molar-refractivity contribution >= 4 is 0 Å². The van der Waals surface area contributed by atoms with Crippen LogP contribution in [0.3, 0.4) is 0 Å². The lowest BCUT2D eigenvalue weighted by molar-refractivity contribution is -0.137. The van der Waals surface area contributed by atoms with Crippen LogP contribution in [-0.4, -0.2) is 0 Å². The van der Waals surface area contributed by atoms with Gasteiger partial charge in [-0.2, -0.15) is 13.2 Å². The summed E-state index contributed by atoms with van der Waals surface area (Å²) >= 11 is 0. The van der Waals surface area contributed by atoms with Gasteiger partial charge >= 0.3 is 6.18 Å². The lowest BCUT2D eigenvalue weighted by Gasteiger charge is -2.15. The van der Waals surface area contributed by atoms with Crippen LogP contribution in [0.5, 0.6) is 0 Å². The first-order valence-corrected chi connectivity index (χ1v) is 8.63. The minimum atomic E-state index is -4.31. The van der Waals surface area contributed by atoms with E-state index in [-0.39, 0.29) is 6.15 Å². The molecule has 4 heteroatoms. The topological polar surface area (TPSA) is 35.0 Å². The lowest BCUT2D eigenvalue weighted by Crippen LogP contribution is -2.06. The van der Waals surface area contributed by atoms with Gasteiger partial charge in [0.25, 0.3) is 0 Å². The van der Waals surface area contributed by atoms with Gasteiger partial charge in [0, 0.05) is 0 Å². The fourth-order valence-corrected chi connectivity index (χ4v) is 2.85. The first kappa shape index (κ1) is 21.2. The molecule has 3 N–H and O–H groups in total. The molecule has 0 aliphatic rings. The van der Waals surface area contributed by atoms with Crippen LogP contribution in [-0.2, 0) is 12.6 Å². The molecule has 0 aromatic heterocycles. The van der Waals surface area contributed by atoms with Crippen molar-refractivity contribution in [3.05, 3.63) is 59.2 Å². The van der Waals surface area contributed by atoms with E-state index in [2.05, 4.69) is 20.8 Å². The van der Waals surface area contributed by atoms with Gasteiger partial charge in [0.05, 0.1) is 5.56 Å². The molecule has 1 nitrogen and oxygen atoms in total. The SMILES string of the molecule is CCCCCc1ccc(C(F)(F)F)cc1-c1ccc(C(C)C)cc1.N. The summed E-state index contributed by atoms with van der Waals surface area (Å²) in [6.45, 7) is 6.34. The van der Waals surface area contributed by atoms with Gasteiger partial charge in [-0.05, 0) is 53.1 Å². The van der Waals surface area contributed by atoms with Crippen LogP contribution >= 0.6 is 0 Å². The Morgan fingerprint density at radius 3 is 2.08 bits per heavy atom. The second-order valence-corrected chi connectivity index (χ2v) is 6.60. The van der Waals surface area contributed by atoms with Crippen molar-refractivity contribution in [1.29, 1.82) is 0 Å². The fourth-order valence-electron chi connectivity index (χ4n) is 2.85. The van der Waals surface area contributed by atoms with Crippen LogP contribution in [0, 0.1) is 0 Å². The van der Waals surface area contributed by atoms with E-state index in [1.54, 1.807) is 6.07 Å². The highest BCUT2D eigenvalue weighted by atomic mass is 19.4. The molecule has 138 valence electrons. The Kier molecular flexibility index (Phi) is 7.68. The van der Waals surface area contributed by atoms with Gasteiger partial charge in [0.15, 0.2) is 0 Å². The fraction of sp³-hybridized carbons (Fsp3) is 0.429. The van der Waals surface area contributed by atoms with Crippen LogP contribution in [0.4, 0.5) is 13.2 Å². The first-order valence-electron chi connectivity index (χ1n) is 8.63. The number of unbranched alkanes of at least 4 members (excludes halogenated alkanes) is 2. The predicted octanol–water partition coefficient (Wildman–Crippen LogP) is 7.39. The smallest absolute Gasteiger partial charge is 0.344 e.